The van der Waals surface area contributed by atoms with Crippen LogP contribution in [-0.4, -0.2) is 4.98 Å². The smallest absolute Gasteiger partial charge is 0.268 e. The van der Waals surface area contributed by atoms with Gasteiger partial charge in [0.05, 0.1) is 11.6 Å². The van der Waals surface area contributed by atoms with Gasteiger partial charge in [-0.1, -0.05) is 12.1 Å². The number of hydrogen-bond acceptors (Lipinski definition) is 6. The Bertz CT molecular complexity index is 1210. The lowest BCUT2D eigenvalue weighted by Crippen LogP contribution is -2.16. The average molecular weight is 353 g/mol. The van der Waals surface area contributed by atoms with Crippen molar-refractivity contribution in [2.24, 2.45) is 0 Å². The summed E-state index contributed by atoms with van der Waals surface area (Å²) >= 11 is 0. The number of nitrogens with one attached hydrogen (secondary N) is 1. The molecule has 3 aromatic rings. The van der Waals surface area contributed by atoms with E-state index >= 15 is 0 Å². The molecule has 7 nitrogen and oxygen atoms in total. The lowest BCUT2D eigenvalue weighted by molar-refractivity contribution is 0.483. The first-order valence-corrected chi connectivity index (χ1v) is 7.71. The second-order valence-corrected chi connectivity index (χ2v) is 5.48. The summed E-state index contributed by atoms with van der Waals surface area (Å²) in [6.45, 7) is 0. The van der Waals surface area contributed by atoms with E-state index in [0.29, 0.717) is 22.6 Å². The Kier molecular flexibility index (Phi) is 4.57. The van der Waals surface area contributed by atoms with Gasteiger partial charge in [0.15, 0.2) is 0 Å². The Morgan fingerprint density at radius 2 is 1.59 bits per heavy atom. The number of nitrogens with two attached hydrogens (primary N) is 1. The fourth-order valence-electron chi connectivity index (χ4n) is 2.58. The Labute approximate surface area is 154 Å². The van der Waals surface area contributed by atoms with Crippen LogP contribution in [0.3, 0.4) is 0 Å². The summed E-state index contributed by atoms with van der Waals surface area (Å²) in [4.78, 5) is 14.3. The molecule has 2 aromatic carbocycles. The van der Waals surface area contributed by atoms with Crippen molar-refractivity contribution in [3.8, 4) is 40.8 Å². The first-order chi connectivity index (χ1) is 13.1. The summed E-state index contributed by atoms with van der Waals surface area (Å²) in [5, 5.41) is 27.6. The number of anilines is 1. The molecule has 1 heterocycles. The molecule has 0 atom stereocenters. The van der Waals surface area contributed by atoms with Crippen molar-refractivity contribution in [3.05, 3.63) is 75.6 Å². The third-order valence-electron chi connectivity index (χ3n) is 3.81. The van der Waals surface area contributed by atoms with E-state index in [0.717, 1.165) is 0 Å². The van der Waals surface area contributed by atoms with Crippen molar-refractivity contribution in [2.45, 2.75) is 0 Å². The minimum Gasteiger partial charge on any atom is -0.457 e. The number of H-pyrrole nitrogens is 1. The molecular weight excluding hydrogens is 342 g/mol. The molecule has 7 heteroatoms. The van der Waals surface area contributed by atoms with E-state index in [4.69, 9.17) is 15.7 Å². The zero-order valence-corrected chi connectivity index (χ0v) is 13.9. The van der Waals surface area contributed by atoms with Gasteiger partial charge in [0.2, 0.25) is 0 Å². The van der Waals surface area contributed by atoms with Crippen molar-refractivity contribution in [1.82, 2.24) is 4.98 Å². The molecule has 0 unspecified atom stereocenters. The summed E-state index contributed by atoms with van der Waals surface area (Å²) in [5.74, 6) is 0.844. The van der Waals surface area contributed by atoms with E-state index in [-0.39, 0.29) is 22.5 Å². The van der Waals surface area contributed by atoms with Crippen LogP contribution in [0.5, 0.6) is 11.5 Å². The number of ether oxygens (including phenoxy) is 1. The monoisotopic (exact) mass is 353 g/mol. The number of hydrogen-bond donors (Lipinski definition) is 2. The molecule has 0 saturated carbocycles. The van der Waals surface area contributed by atoms with E-state index in [9.17, 15) is 15.3 Å². The Balaban J connectivity index is 2.09. The van der Waals surface area contributed by atoms with E-state index in [1.54, 1.807) is 48.5 Å². The summed E-state index contributed by atoms with van der Waals surface area (Å²) in [6, 6.07) is 18.9. The second kappa shape index (κ2) is 7.14. The van der Waals surface area contributed by atoms with Gasteiger partial charge in [0.25, 0.3) is 5.56 Å². The number of aromatic nitrogens is 1. The summed E-state index contributed by atoms with van der Waals surface area (Å²) < 4.78 is 5.76. The lowest BCUT2D eigenvalue weighted by atomic mass is 9.96. The number of benzene rings is 2. The molecule has 1 aromatic heterocycles. The number of rotatable bonds is 3. The van der Waals surface area contributed by atoms with Gasteiger partial charge in [-0.05, 0) is 42.0 Å². The quantitative estimate of drug-likeness (QED) is 0.741. The van der Waals surface area contributed by atoms with Crippen molar-refractivity contribution in [3.63, 3.8) is 0 Å². The van der Waals surface area contributed by atoms with Gasteiger partial charge in [0, 0.05) is 5.56 Å². The Morgan fingerprint density at radius 1 is 0.889 bits per heavy atom. The van der Waals surface area contributed by atoms with Gasteiger partial charge >= 0.3 is 0 Å². The zero-order chi connectivity index (χ0) is 19.4. The number of aromatic amines is 1. The molecule has 0 aliphatic rings. The minimum absolute atomic E-state index is 0.0154. The number of pyridine rings is 1. The van der Waals surface area contributed by atoms with Gasteiger partial charge in [0.1, 0.15) is 40.6 Å². The fourth-order valence-corrected chi connectivity index (χ4v) is 2.58. The van der Waals surface area contributed by atoms with Gasteiger partial charge in [-0.2, -0.15) is 15.8 Å². The number of nitriles is 3. The SMILES string of the molecule is N#Cc1ccc(Oc2cccc(-c3c(C#N)c(N)[nH]c(=O)c3C#N)c2)cc1. The molecule has 0 fully saturated rings. The van der Waals surface area contributed by atoms with E-state index in [1.807, 2.05) is 18.2 Å². The van der Waals surface area contributed by atoms with Gasteiger partial charge in [-0.15, -0.1) is 0 Å². The summed E-state index contributed by atoms with van der Waals surface area (Å²) in [6.07, 6.45) is 0. The second-order valence-electron chi connectivity index (χ2n) is 5.48. The molecule has 3 rings (SSSR count). The normalized spacial score (nSPS) is 9.67. The van der Waals surface area contributed by atoms with Crippen LogP contribution in [0, 0.1) is 34.0 Å². The maximum Gasteiger partial charge on any atom is 0.268 e. The van der Waals surface area contributed by atoms with Crippen LogP contribution in [-0.2, 0) is 0 Å². The third-order valence-corrected chi connectivity index (χ3v) is 3.81. The van der Waals surface area contributed by atoms with Crippen LogP contribution < -0.4 is 16.0 Å². The molecule has 128 valence electrons. The molecular formula is C20H11N5O2. The topological polar surface area (TPSA) is 139 Å². The van der Waals surface area contributed by atoms with E-state index in [1.165, 1.54) is 0 Å². The highest BCUT2D eigenvalue weighted by atomic mass is 16.5. The molecule has 0 aliphatic heterocycles. The van der Waals surface area contributed by atoms with Crippen LogP contribution in [0.15, 0.2) is 53.3 Å². The maximum absolute atomic E-state index is 12.0. The van der Waals surface area contributed by atoms with Crippen molar-refractivity contribution in [1.29, 1.82) is 15.8 Å². The first-order valence-electron chi connectivity index (χ1n) is 7.71. The van der Waals surface area contributed by atoms with Crippen molar-refractivity contribution >= 4 is 5.82 Å². The van der Waals surface area contributed by atoms with Crippen LogP contribution in [0.2, 0.25) is 0 Å². The Hall–Kier alpha value is -4.54. The lowest BCUT2D eigenvalue weighted by Gasteiger charge is -2.11. The largest absolute Gasteiger partial charge is 0.457 e. The fraction of sp³-hybridized carbons (Fsp3) is 0. The molecule has 0 bridgehead atoms. The van der Waals surface area contributed by atoms with Crippen molar-refractivity contribution in [2.75, 3.05) is 5.73 Å². The average Bonchev–Trinajstić information content (AvgIpc) is 2.68. The van der Waals surface area contributed by atoms with Gasteiger partial charge < -0.3 is 15.5 Å². The molecule has 0 aliphatic carbocycles. The molecule has 0 saturated heterocycles. The zero-order valence-electron chi connectivity index (χ0n) is 13.9. The Morgan fingerprint density at radius 3 is 2.22 bits per heavy atom. The molecule has 27 heavy (non-hydrogen) atoms. The van der Waals surface area contributed by atoms with E-state index in [2.05, 4.69) is 4.98 Å². The van der Waals surface area contributed by atoms with Crippen LogP contribution in [0.4, 0.5) is 5.82 Å². The number of nitrogen functional groups attached to an aromatic ring is 1. The molecule has 0 spiro atoms. The first kappa shape index (κ1) is 17.3. The van der Waals surface area contributed by atoms with Gasteiger partial charge in [-0.3, -0.25) is 4.79 Å². The van der Waals surface area contributed by atoms with Crippen LogP contribution in [0.1, 0.15) is 16.7 Å². The summed E-state index contributed by atoms with van der Waals surface area (Å²) in [5.41, 5.74) is 6.01. The molecule has 3 N–H and O–H groups in total. The highest BCUT2D eigenvalue weighted by molar-refractivity contribution is 5.80. The van der Waals surface area contributed by atoms with Crippen LogP contribution in [0.25, 0.3) is 11.1 Å². The highest BCUT2D eigenvalue weighted by Crippen LogP contribution is 2.32. The standard InChI is InChI=1S/C20H11N5O2/c21-9-12-4-6-14(7-5-12)27-15-3-1-2-13(8-15)18-16(10-22)19(24)25-20(26)17(18)11-23/h1-8H,(H3,24,25,26). The predicted octanol–water partition coefficient (Wildman–Crippen LogP) is 3.03. The van der Waals surface area contributed by atoms with Crippen LogP contribution >= 0.6 is 0 Å². The molecule has 0 radical (unpaired) electrons. The van der Waals surface area contributed by atoms with Gasteiger partial charge in [-0.25, -0.2) is 0 Å². The van der Waals surface area contributed by atoms with E-state index < -0.39 is 5.56 Å². The maximum atomic E-state index is 12.0. The highest BCUT2D eigenvalue weighted by Gasteiger charge is 2.18. The minimum atomic E-state index is -0.664. The predicted molar refractivity (Wildman–Crippen MR) is 97.6 cm³/mol. The third kappa shape index (κ3) is 3.32. The summed E-state index contributed by atoms with van der Waals surface area (Å²) in [7, 11) is 0. The molecule has 0 amide bonds. The van der Waals surface area contributed by atoms with Crippen molar-refractivity contribution < 1.29 is 4.74 Å². The number of nitrogens with zero attached hydrogens (tertiary/aromatic N) is 3.